The van der Waals surface area contributed by atoms with Gasteiger partial charge in [-0.2, -0.15) is 0 Å². The summed E-state index contributed by atoms with van der Waals surface area (Å²) < 4.78 is 0. The predicted molar refractivity (Wildman–Crippen MR) is 119 cm³/mol. The Bertz CT molecular complexity index is 830. The van der Waals surface area contributed by atoms with Crippen molar-refractivity contribution >= 4 is 23.4 Å². The molecule has 0 bridgehead atoms. The molecule has 2 rings (SSSR count). The molecule has 0 aromatic heterocycles. The molecule has 5 heteroatoms. The van der Waals surface area contributed by atoms with Gasteiger partial charge in [-0.05, 0) is 44.4 Å². The molecule has 0 fully saturated rings. The maximum Gasteiger partial charge on any atom is 0.242 e. The van der Waals surface area contributed by atoms with Gasteiger partial charge in [-0.1, -0.05) is 72.5 Å². The number of rotatable bonds is 9. The summed E-state index contributed by atoms with van der Waals surface area (Å²) in [5, 5.41) is 3.53. The topological polar surface area (TPSA) is 49.4 Å². The van der Waals surface area contributed by atoms with Gasteiger partial charge in [0, 0.05) is 18.1 Å². The predicted octanol–water partition coefficient (Wildman–Crippen LogP) is 4.83. The van der Waals surface area contributed by atoms with Crippen molar-refractivity contribution in [1.82, 2.24) is 10.2 Å². The smallest absolute Gasteiger partial charge is 0.242 e. The fourth-order valence-corrected chi connectivity index (χ4v) is 3.57. The highest BCUT2D eigenvalue weighted by molar-refractivity contribution is 6.31. The van der Waals surface area contributed by atoms with Crippen molar-refractivity contribution in [2.45, 2.75) is 59.5 Å². The second kappa shape index (κ2) is 11.0. The molecule has 0 aliphatic rings. The second-order valence-corrected chi connectivity index (χ2v) is 8.01. The number of aryl methyl sites for hydroxylation is 2. The lowest BCUT2D eigenvalue weighted by atomic mass is 10.0. The van der Waals surface area contributed by atoms with Gasteiger partial charge in [0.1, 0.15) is 6.04 Å². The summed E-state index contributed by atoms with van der Waals surface area (Å²) in [6.45, 7) is 8.80. The molecule has 4 nitrogen and oxygen atoms in total. The van der Waals surface area contributed by atoms with E-state index in [9.17, 15) is 9.59 Å². The van der Waals surface area contributed by atoms with Gasteiger partial charge in [0.2, 0.25) is 11.8 Å². The first-order valence-electron chi connectivity index (χ1n) is 10.2. The Balaban J connectivity index is 2.23. The van der Waals surface area contributed by atoms with Crippen LogP contribution >= 0.6 is 11.6 Å². The summed E-state index contributed by atoms with van der Waals surface area (Å²) in [5.41, 5.74) is 4.03. The molecule has 1 atom stereocenters. The van der Waals surface area contributed by atoms with Crippen LogP contribution in [0, 0.1) is 13.8 Å². The van der Waals surface area contributed by atoms with Crippen LogP contribution in [0.4, 0.5) is 0 Å². The van der Waals surface area contributed by atoms with Crippen LogP contribution in [0.5, 0.6) is 0 Å². The summed E-state index contributed by atoms with van der Waals surface area (Å²) >= 11 is 6.32. The molecule has 2 amide bonds. The Labute approximate surface area is 179 Å². The zero-order chi connectivity index (χ0) is 21.4. The molecular formula is C24H31ClN2O2. The van der Waals surface area contributed by atoms with E-state index in [4.69, 9.17) is 11.6 Å². The number of nitrogens with zero attached hydrogens (tertiary/aromatic N) is 1. The van der Waals surface area contributed by atoms with Gasteiger partial charge in [0.05, 0.1) is 6.42 Å². The number of hydrogen-bond acceptors (Lipinski definition) is 2. The van der Waals surface area contributed by atoms with Crippen molar-refractivity contribution < 1.29 is 9.59 Å². The normalized spacial score (nSPS) is 11.8. The van der Waals surface area contributed by atoms with E-state index in [1.807, 2.05) is 44.2 Å². The molecule has 1 N–H and O–H groups in total. The lowest BCUT2D eigenvalue weighted by molar-refractivity contribution is -0.140. The third-order valence-electron chi connectivity index (χ3n) is 4.93. The van der Waals surface area contributed by atoms with E-state index in [0.29, 0.717) is 18.1 Å². The molecular weight excluding hydrogens is 384 g/mol. The molecule has 0 radical (unpaired) electrons. The third-order valence-corrected chi connectivity index (χ3v) is 5.30. The summed E-state index contributed by atoms with van der Waals surface area (Å²) in [7, 11) is 0. The molecule has 0 aliphatic carbocycles. The number of carbonyl (C=O) groups is 2. The van der Waals surface area contributed by atoms with Gasteiger partial charge < -0.3 is 10.2 Å². The standard InChI is InChI=1S/C24H31ClN2O2/c1-5-6-11-26-24(29)19(4)27(16-21-9-7-8-10-22(21)25)23(28)15-20-13-17(2)12-18(3)14-20/h7-10,12-14,19H,5-6,11,15-16H2,1-4H3,(H,26,29)/t19-/m1/s1. The second-order valence-electron chi connectivity index (χ2n) is 7.61. The first-order chi connectivity index (χ1) is 13.8. The van der Waals surface area contributed by atoms with Crippen LogP contribution < -0.4 is 5.32 Å². The third kappa shape index (κ3) is 6.90. The van der Waals surface area contributed by atoms with E-state index in [1.54, 1.807) is 17.9 Å². The molecule has 0 unspecified atom stereocenters. The maximum absolute atomic E-state index is 13.2. The minimum atomic E-state index is -0.582. The van der Waals surface area contributed by atoms with Gasteiger partial charge in [0.15, 0.2) is 0 Å². The van der Waals surface area contributed by atoms with Crippen LogP contribution in [0.25, 0.3) is 0 Å². The van der Waals surface area contributed by atoms with Crippen LogP contribution in [0.15, 0.2) is 42.5 Å². The summed E-state index contributed by atoms with van der Waals surface area (Å²) in [6.07, 6.45) is 2.17. The minimum Gasteiger partial charge on any atom is -0.354 e. The Morgan fingerprint density at radius 3 is 2.38 bits per heavy atom. The molecule has 2 aromatic rings. The van der Waals surface area contributed by atoms with Gasteiger partial charge in [-0.3, -0.25) is 9.59 Å². The highest BCUT2D eigenvalue weighted by Gasteiger charge is 2.26. The van der Waals surface area contributed by atoms with E-state index in [-0.39, 0.29) is 18.2 Å². The van der Waals surface area contributed by atoms with Gasteiger partial charge in [-0.15, -0.1) is 0 Å². The van der Waals surface area contributed by atoms with Crippen LogP contribution in [0.3, 0.4) is 0 Å². The molecule has 0 heterocycles. The largest absolute Gasteiger partial charge is 0.354 e. The van der Waals surface area contributed by atoms with E-state index in [0.717, 1.165) is 35.1 Å². The van der Waals surface area contributed by atoms with Crippen LogP contribution in [-0.2, 0) is 22.6 Å². The molecule has 0 saturated carbocycles. The molecule has 0 saturated heterocycles. The molecule has 0 aliphatic heterocycles. The number of nitrogens with one attached hydrogen (secondary N) is 1. The Morgan fingerprint density at radius 1 is 1.10 bits per heavy atom. The molecule has 0 spiro atoms. The summed E-state index contributed by atoms with van der Waals surface area (Å²) in [6, 6.07) is 13.0. The van der Waals surface area contributed by atoms with Crippen molar-refractivity contribution in [3.63, 3.8) is 0 Å². The number of halogens is 1. The van der Waals surface area contributed by atoms with Crippen LogP contribution in [0.2, 0.25) is 5.02 Å². The van der Waals surface area contributed by atoms with Gasteiger partial charge in [-0.25, -0.2) is 0 Å². The average molecular weight is 415 g/mol. The van der Waals surface area contributed by atoms with E-state index in [2.05, 4.69) is 18.3 Å². The highest BCUT2D eigenvalue weighted by Crippen LogP contribution is 2.20. The fourth-order valence-electron chi connectivity index (χ4n) is 3.38. The van der Waals surface area contributed by atoms with Crippen molar-refractivity contribution in [2.75, 3.05) is 6.54 Å². The molecule has 2 aromatic carbocycles. The van der Waals surface area contributed by atoms with Crippen LogP contribution in [0.1, 0.15) is 48.9 Å². The average Bonchev–Trinajstić information content (AvgIpc) is 2.66. The zero-order valence-corrected chi connectivity index (χ0v) is 18.6. The summed E-state index contributed by atoms with van der Waals surface area (Å²) in [5.74, 6) is -0.229. The fraction of sp³-hybridized carbons (Fsp3) is 0.417. The number of unbranched alkanes of at least 4 members (excludes halogenated alkanes) is 1. The Hall–Kier alpha value is -2.33. The van der Waals surface area contributed by atoms with Crippen molar-refractivity contribution in [1.29, 1.82) is 0 Å². The molecule has 29 heavy (non-hydrogen) atoms. The first-order valence-corrected chi connectivity index (χ1v) is 10.6. The zero-order valence-electron chi connectivity index (χ0n) is 17.8. The number of benzene rings is 2. The number of amides is 2. The monoisotopic (exact) mass is 414 g/mol. The van der Waals surface area contributed by atoms with Crippen molar-refractivity contribution in [2.24, 2.45) is 0 Å². The Kier molecular flexibility index (Phi) is 8.71. The van der Waals surface area contributed by atoms with Crippen LogP contribution in [-0.4, -0.2) is 29.3 Å². The van der Waals surface area contributed by atoms with E-state index < -0.39 is 6.04 Å². The van der Waals surface area contributed by atoms with Gasteiger partial charge >= 0.3 is 0 Å². The Morgan fingerprint density at radius 2 is 1.76 bits per heavy atom. The first kappa shape index (κ1) is 23.0. The van der Waals surface area contributed by atoms with Gasteiger partial charge in [0.25, 0.3) is 0 Å². The minimum absolute atomic E-state index is 0.0898. The quantitative estimate of drug-likeness (QED) is 0.597. The van der Waals surface area contributed by atoms with Crippen molar-refractivity contribution in [3.05, 3.63) is 69.7 Å². The van der Waals surface area contributed by atoms with Crippen molar-refractivity contribution in [3.8, 4) is 0 Å². The number of hydrogen-bond donors (Lipinski definition) is 1. The SMILES string of the molecule is CCCCNC(=O)[C@@H](C)N(Cc1ccccc1Cl)C(=O)Cc1cc(C)cc(C)c1. The maximum atomic E-state index is 13.2. The number of carbonyl (C=O) groups excluding carboxylic acids is 2. The van der Waals surface area contributed by atoms with E-state index in [1.165, 1.54) is 0 Å². The lowest BCUT2D eigenvalue weighted by Crippen LogP contribution is -2.48. The highest BCUT2D eigenvalue weighted by atomic mass is 35.5. The molecule has 156 valence electrons. The summed E-state index contributed by atoms with van der Waals surface area (Å²) in [4.78, 5) is 27.5. The lowest BCUT2D eigenvalue weighted by Gasteiger charge is -2.29. The van der Waals surface area contributed by atoms with E-state index >= 15 is 0 Å².